The minimum Gasteiger partial charge on any atom is -0.311 e. The van der Waals surface area contributed by atoms with Crippen LogP contribution >= 0.6 is 15.9 Å². The molecular weight excluding hydrogens is 297 g/mol. The lowest BCUT2D eigenvalue weighted by Gasteiger charge is -2.15. The van der Waals surface area contributed by atoms with Crippen molar-refractivity contribution in [2.45, 2.75) is 12.5 Å². The molecule has 0 aliphatic carbocycles. The van der Waals surface area contributed by atoms with Gasteiger partial charge in [0.1, 0.15) is 5.82 Å². The number of benzene rings is 1. The Labute approximate surface area is 114 Å². The van der Waals surface area contributed by atoms with Crippen LogP contribution in [-0.4, -0.2) is 17.0 Å². The quantitative estimate of drug-likeness (QED) is 0.943. The molecule has 1 heterocycles. The van der Waals surface area contributed by atoms with Crippen LogP contribution in [0.3, 0.4) is 0 Å². The van der Waals surface area contributed by atoms with Gasteiger partial charge in [-0.15, -0.1) is 0 Å². The number of nitrogens with zero attached hydrogens (tertiary/aromatic N) is 2. The molecule has 0 aliphatic rings. The largest absolute Gasteiger partial charge is 0.311 e. The Morgan fingerprint density at radius 3 is 2.83 bits per heavy atom. The van der Waals surface area contributed by atoms with E-state index in [4.69, 9.17) is 0 Å². The van der Waals surface area contributed by atoms with Crippen LogP contribution in [0.15, 0.2) is 41.3 Å². The Balaban J connectivity index is 2.21. The fourth-order valence-corrected chi connectivity index (χ4v) is 2.09. The average Bonchev–Trinajstić information content (AvgIpc) is 2.39. The molecular formula is C13H13BrFN3. The highest BCUT2D eigenvalue weighted by Gasteiger charge is 2.14. The molecule has 0 radical (unpaired) electrons. The zero-order chi connectivity index (χ0) is 13.0. The van der Waals surface area contributed by atoms with Crippen molar-refractivity contribution in [3.63, 3.8) is 0 Å². The Morgan fingerprint density at radius 2 is 2.22 bits per heavy atom. The molecule has 0 amide bonds. The highest BCUT2D eigenvalue weighted by Crippen LogP contribution is 2.20. The number of rotatable bonds is 4. The summed E-state index contributed by atoms with van der Waals surface area (Å²) in [5.41, 5.74) is 1.46. The minimum atomic E-state index is -0.214. The molecule has 1 aromatic heterocycles. The van der Waals surface area contributed by atoms with E-state index in [1.165, 1.54) is 6.07 Å². The molecule has 0 spiro atoms. The maximum absolute atomic E-state index is 13.8. The zero-order valence-corrected chi connectivity index (χ0v) is 11.5. The van der Waals surface area contributed by atoms with Gasteiger partial charge in [0.25, 0.3) is 0 Å². The molecule has 3 nitrogen and oxygen atoms in total. The summed E-state index contributed by atoms with van der Waals surface area (Å²) in [7, 11) is 1.83. The molecule has 2 aromatic rings. The van der Waals surface area contributed by atoms with Crippen molar-refractivity contribution in [3.8, 4) is 0 Å². The van der Waals surface area contributed by atoms with Gasteiger partial charge < -0.3 is 5.32 Å². The molecule has 0 saturated heterocycles. The van der Waals surface area contributed by atoms with Crippen LogP contribution in [0, 0.1) is 5.82 Å². The molecule has 1 unspecified atom stereocenters. The summed E-state index contributed by atoms with van der Waals surface area (Å²) in [6.07, 6.45) is 5.49. The predicted molar refractivity (Wildman–Crippen MR) is 71.6 cm³/mol. The maximum atomic E-state index is 13.8. The zero-order valence-electron chi connectivity index (χ0n) is 9.90. The van der Waals surface area contributed by atoms with Crippen molar-refractivity contribution in [1.29, 1.82) is 0 Å². The Morgan fingerprint density at radius 1 is 1.39 bits per heavy atom. The second kappa shape index (κ2) is 6.02. The average molecular weight is 310 g/mol. The Bertz CT molecular complexity index is 519. The number of aromatic nitrogens is 2. The second-order valence-electron chi connectivity index (χ2n) is 3.91. The number of nitrogens with one attached hydrogen (secondary N) is 1. The first-order valence-electron chi connectivity index (χ1n) is 5.58. The van der Waals surface area contributed by atoms with Gasteiger partial charge in [0, 0.05) is 23.1 Å². The molecule has 0 bridgehead atoms. The van der Waals surface area contributed by atoms with Crippen molar-refractivity contribution < 1.29 is 4.39 Å². The Kier molecular flexibility index (Phi) is 4.38. The van der Waals surface area contributed by atoms with Crippen LogP contribution in [0.1, 0.15) is 17.3 Å². The lowest BCUT2D eigenvalue weighted by molar-refractivity contribution is 0.543. The van der Waals surface area contributed by atoms with E-state index in [9.17, 15) is 4.39 Å². The highest BCUT2D eigenvalue weighted by molar-refractivity contribution is 9.10. The van der Waals surface area contributed by atoms with Gasteiger partial charge in [-0.2, -0.15) is 0 Å². The first-order valence-corrected chi connectivity index (χ1v) is 6.37. The van der Waals surface area contributed by atoms with Crippen LogP contribution in [0.2, 0.25) is 0 Å². The van der Waals surface area contributed by atoms with Crippen LogP contribution in [0.4, 0.5) is 4.39 Å². The normalized spacial score (nSPS) is 12.4. The second-order valence-corrected chi connectivity index (χ2v) is 4.83. The third kappa shape index (κ3) is 3.11. The van der Waals surface area contributed by atoms with Crippen LogP contribution in [0.5, 0.6) is 0 Å². The van der Waals surface area contributed by atoms with Crippen molar-refractivity contribution in [2.24, 2.45) is 0 Å². The summed E-state index contributed by atoms with van der Waals surface area (Å²) >= 11 is 3.25. The van der Waals surface area contributed by atoms with Crippen LogP contribution < -0.4 is 5.32 Å². The van der Waals surface area contributed by atoms with Crippen LogP contribution in [-0.2, 0) is 6.42 Å². The summed E-state index contributed by atoms with van der Waals surface area (Å²) in [5.74, 6) is -0.214. The molecule has 1 N–H and O–H groups in total. The number of hydrogen-bond donors (Lipinski definition) is 1. The molecule has 0 fully saturated rings. The lowest BCUT2D eigenvalue weighted by Crippen LogP contribution is -2.20. The van der Waals surface area contributed by atoms with Gasteiger partial charge in [0.2, 0.25) is 0 Å². The van der Waals surface area contributed by atoms with Crippen molar-refractivity contribution in [3.05, 3.63) is 58.3 Å². The van der Waals surface area contributed by atoms with Gasteiger partial charge in [0.15, 0.2) is 0 Å². The molecule has 18 heavy (non-hydrogen) atoms. The SMILES string of the molecule is CNC(Cc1ccc(Br)cc1F)c1cnccn1. The lowest BCUT2D eigenvalue weighted by atomic mass is 10.0. The topological polar surface area (TPSA) is 37.8 Å². The summed E-state index contributed by atoms with van der Waals surface area (Å²) in [5, 5.41) is 3.13. The van der Waals surface area contributed by atoms with E-state index in [1.807, 2.05) is 13.1 Å². The van der Waals surface area contributed by atoms with Gasteiger partial charge >= 0.3 is 0 Å². The van der Waals surface area contributed by atoms with Gasteiger partial charge in [-0.25, -0.2) is 4.39 Å². The van der Waals surface area contributed by atoms with Crippen molar-refractivity contribution in [1.82, 2.24) is 15.3 Å². The summed E-state index contributed by atoms with van der Waals surface area (Å²) in [6, 6.07) is 5.04. The van der Waals surface area contributed by atoms with Gasteiger partial charge in [-0.05, 0) is 31.2 Å². The van der Waals surface area contributed by atoms with E-state index in [2.05, 4.69) is 31.2 Å². The monoisotopic (exact) mass is 309 g/mol. The highest BCUT2D eigenvalue weighted by atomic mass is 79.9. The molecule has 0 aliphatic heterocycles. The van der Waals surface area contributed by atoms with E-state index in [1.54, 1.807) is 24.7 Å². The number of hydrogen-bond acceptors (Lipinski definition) is 3. The molecule has 1 atom stereocenters. The van der Waals surface area contributed by atoms with Crippen molar-refractivity contribution in [2.75, 3.05) is 7.05 Å². The van der Waals surface area contributed by atoms with Crippen LogP contribution in [0.25, 0.3) is 0 Å². The fourth-order valence-electron chi connectivity index (χ4n) is 1.75. The summed E-state index contributed by atoms with van der Waals surface area (Å²) in [4.78, 5) is 8.26. The third-order valence-corrected chi connectivity index (χ3v) is 3.22. The molecule has 5 heteroatoms. The first-order chi connectivity index (χ1) is 8.70. The van der Waals surface area contributed by atoms with Crippen molar-refractivity contribution >= 4 is 15.9 Å². The fraction of sp³-hybridized carbons (Fsp3) is 0.231. The number of halogens is 2. The molecule has 94 valence electrons. The van der Waals surface area contributed by atoms with E-state index in [0.29, 0.717) is 12.0 Å². The summed E-state index contributed by atoms with van der Waals surface area (Å²) < 4.78 is 14.5. The Hall–Kier alpha value is -1.33. The smallest absolute Gasteiger partial charge is 0.127 e. The van der Waals surface area contributed by atoms with Gasteiger partial charge in [-0.3, -0.25) is 9.97 Å². The molecule has 1 aromatic carbocycles. The van der Waals surface area contributed by atoms with E-state index >= 15 is 0 Å². The van der Waals surface area contributed by atoms with Gasteiger partial charge in [0.05, 0.1) is 11.7 Å². The van der Waals surface area contributed by atoms with E-state index < -0.39 is 0 Å². The van der Waals surface area contributed by atoms with Gasteiger partial charge in [-0.1, -0.05) is 22.0 Å². The van der Waals surface area contributed by atoms with E-state index in [-0.39, 0.29) is 11.9 Å². The molecule has 2 rings (SSSR count). The third-order valence-electron chi connectivity index (χ3n) is 2.73. The maximum Gasteiger partial charge on any atom is 0.127 e. The van der Waals surface area contributed by atoms with E-state index in [0.717, 1.165) is 10.2 Å². The predicted octanol–water partition coefficient (Wildman–Crippen LogP) is 2.88. The minimum absolute atomic E-state index is 0.0469. The number of likely N-dealkylation sites (N-methyl/N-ethyl adjacent to an activating group) is 1. The molecule has 0 saturated carbocycles. The standard InChI is InChI=1S/C13H13BrFN3/c1-16-12(13-8-17-4-5-18-13)6-9-2-3-10(14)7-11(9)15/h2-5,7-8,12,16H,6H2,1H3. The first kappa shape index (κ1) is 13.1. The summed E-state index contributed by atoms with van der Waals surface area (Å²) in [6.45, 7) is 0.